The summed E-state index contributed by atoms with van der Waals surface area (Å²) < 4.78 is 0. The summed E-state index contributed by atoms with van der Waals surface area (Å²) in [5, 5.41) is 2.75. The topological polar surface area (TPSA) is 81.1 Å². The van der Waals surface area contributed by atoms with Gasteiger partial charge in [-0.15, -0.1) is 0 Å². The lowest BCUT2D eigenvalue weighted by molar-refractivity contribution is -0.125. The van der Waals surface area contributed by atoms with Crippen LogP contribution in [0, 0.1) is 0 Å². The molecule has 0 spiro atoms. The van der Waals surface area contributed by atoms with Crippen LogP contribution in [0.15, 0.2) is 0 Å². The SMILES string of the molecule is CC(C)(N)C(=O)NC1CC1N. The number of rotatable bonds is 2. The molecule has 1 aliphatic carbocycles. The summed E-state index contributed by atoms with van der Waals surface area (Å²) in [5.74, 6) is -0.129. The molecule has 1 rings (SSSR count). The zero-order valence-electron chi connectivity index (χ0n) is 6.92. The van der Waals surface area contributed by atoms with Gasteiger partial charge in [-0.2, -0.15) is 0 Å². The van der Waals surface area contributed by atoms with E-state index >= 15 is 0 Å². The maximum Gasteiger partial charge on any atom is 0.239 e. The first-order valence-corrected chi connectivity index (χ1v) is 3.76. The summed E-state index contributed by atoms with van der Waals surface area (Å²) in [4.78, 5) is 11.2. The lowest BCUT2D eigenvalue weighted by atomic mass is 10.1. The number of hydrogen-bond donors (Lipinski definition) is 3. The molecule has 4 heteroatoms. The number of nitrogens with two attached hydrogens (primary N) is 2. The molecule has 1 saturated carbocycles. The van der Waals surface area contributed by atoms with Crippen LogP contribution in [0.25, 0.3) is 0 Å². The number of nitrogens with one attached hydrogen (secondary N) is 1. The van der Waals surface area contributed by atoms with Gasteiger partial charge in [0.05, 0.1) is 5.54 Å². The van der Waals surface area contributed by atoms with E-state index in [0.29, 0.717) is 0 Å². The van der Waals surface area contributed by atoms with Crippen molar-refractivity contribution in [1.82, 2.24) is 5.32 Å². The van der Waals surface area contributed by atoms with Gasteiger partial charge in [-0.1, -0.05) is 0 Å². The van der Waals surface area contributed by atoms with E-state index in [9.17, 15) is 4.79 Å². The summed E-state index contributed by atoms with van der Waals surface area (Å²) in [6, 6.07) is 0.298. The van der Waals surface area contributed by atoms with Crippen LogP contribution in [0.5, 0.6) is 0 Å². The number of amides is 1. The quantitative estimate of drug-likeness (QED) is 0.478. The third kappa shape index (κ3) is 2.17. The van der Waals surface area contributed by atoms with Gasteiger partial charge >= 0.3 is 0 Å². The smallest absolute Gasteiger partial charge is 0.239 e. The fourth-order valence-electron chi connectivity index (χ4n) is 0.735. The number of hydrogen-bond acceptors (Lipinski definition) is 3. The second kappa shape index (κ2) is 2.46. The van der Waals surface area contributed by atoms with Crippen molar-refractivity contribution < 1.29 is 4.79 Å². The number of carbonyl (C=O) groups excluding carboxylic acids is 1. The van der Waals surface area contributed by atoms with Gasteiger partial charge in [-0.3, -0.25) is 4.79 Å². The maximum absolute atomic E-state index is 11.2. The molecule has 0 heterocycles. The minimum absolute atomic E-state index is 0.129. The zero-order valence-corrected chi connectivity index (χ0v) is 6.92. The van der Waals surface area contributed by atoms with Crippen LogP contribution in [-0.4, -0.2) is 23.5 Å². The standard InChI is InChI=1S/C7H15N3O/c1-7(2,9)6(11)10-5-3-4(5)8/h4-5H,3,8-9H2,1-2H3,(H,10,11). The molecule has 0 bridgehead atoms. The Hall–Kier alpha value is -0.610. The van der Waals surface area contributed by atoms with Crippen molar-refractivity contribution in [2.24, 2.45) is 11.5 Å². The second-order valence-corrected chi connectivity index (χ2v) is 3.70. The van der Waals surface area contributed by atoms with Gasteiger partial charge in [0.2, 0.25) is 5.91 Å². The van der Waals surface area contributed by atoms with Gasteiger partial charge in [0.15, 0.2) is 0 Å². The Balaban J connectivity index is 2.33. The molecule has 0 aromatic rings. The molecular formula is C7H15N3O. The number of carbonyl (C=O) groups is 1. The van der Waals surface area contributed by atoms with Crippen molar-refractivity contribution in [3.8, 4) is 0 Å². The Morgan fingerprint density at radius 3 is 2.36 bits per heavy atom. The Morgan fingerprint density at radius 2 is 2.09 bits per heavy atom. The van der Waals surface area contributed by atoms with Crippen molar-refractivity contribution in [2.75, 3.05) is 0 Å². The van der Waals surface area contributed by atoms with Gasteiger partial charge in [-0.05, 0) is 20.3 Å². The van der Waals surface area contributed by atoms with Gasteiger partial charge < -0.3 is 16.8 Å². The molecule has 0 radical (unpaired) electrons. The van der Waals surface area contributed by atoms with E-state index in [2.05, 4.69) is 5.32 Å². The molecule has 0 aliphatic heterocycles. The van der Waals surface area contributed by atoms with E-state index in [-0.39, 0.29) is 18.0 Å². The minimum Gasteiger partial charge on any atom is -0.350 e. The van der Waals surface area contributed by atoms with Gasteiger partial charge in [0, 0.05) is 12.1 Å². The average Bonchev–Trinajstić information content (AvgIpc) is 2.44. The van der Waals surface area contributed by atoms with Crippen LogP contribution in [0.1, 0.15) is 20.3 Å². The largest absolute Gasteiger partial charge is 0.350 e. The summed E-state index contributed by atoms with van der Waals surface area (Å²) in [5.41, 5.74) is 10.3. The molecule has 1 fully saturated rings. The van der Waals surface area contributed by atoms with Gasteiger partial charge in [0.1, 0.15) is 0 Å². The lowest BCUT2D eigenvalue weighted by Crippen LogP contribution is -2.50. The highest BCUT2D eigenvalue weighted by molar-refractivity contribution is 5.85. The molecule has 2 unspecified atom stereocenters. The summed E-state index contributed by atoms with van der Waals surface area (Å²) in [6.45, 7) is 3.35. The Morgan fingerprint density at radius 1 is 1.64 bits per heavy atom. The predicted octanol–water partition coefficient (Wildman–Crippen LogP) is -1.06. The molecule has 1 aliphatic rings. The third-order valence-corrected chi connectivity index (χ3v) is 1.74. The van der Waals surface area contributed by atoms with Crippen LogP contribution >= 0.6 is 0 Å². The van der Waals surface area contributed by atoms with E-state index in [0.717, 1.165) is 6.42 Å². The van der Waals surface area contributed by atoms with Crippen LogP contribution in [0.3, 0.4) is 0 Å². The Labute approximate surface area is 66.3 Å². The maximum atomic E-state index is 11.2. The van der Waals surface area contributed by atoms with E-state index in [1.807, 2.05) is 0 Å². The normalized spacial score (nSPS) is 29.8. The molecule has 1 amide bonds. The molecular weight excluding hydrogens is 142 g/mol. The van der Waals surface area contributed by atoms with Crippen molar-refractivity contribution in [2.45, 2.75) is 37.9 Å². The third-order valence-electron chi connectivity index (χ3n) is 1.74. The molecule has 0 aromatic heterocycles. The lowest BCUT2D eigenvalue weighted by Gasteiger charge is -2.17. The highest BCUT2D eigenvalue weighted by atomic mass is 16.2. The highest BCUT2D eigenvalue weighted by Gasteiger charge is 2.37. The summed E-state index contributed by atoms with van der Waals surface area (Å²) in [6.07, 6.45) is 0.877. The van der Waals surface area contributed by atoms with E-state index < -0.39 is 5.54 Å². The molecule has 0 aromatic carbocycles. The predicted molar refractivity (Wildman–Crippen MR) is 42.8 cm³/mol. The first-order valence-electron chi connectivity index (χ1n) is 3.76. The van der Waals surface area contributed by atoms with Crippen LogP contribution in [0.2, 0.25) is 0 Å². The van der Waals surface area contributed by atoms with Gasteiger partial charge in [0.25, 0.3) is 0 Å². The van der Waals surface area contributed by atoms with Crippen LogP contribution < -0.4 is 16.8 Å². The molecule has 4 nitrogen and oxygen atoms in total. The second-order valence-electron chi connectivity index (χ2n) is 3.70. The van der Waals surface area contributed by atoms with E-state index in [1.165, 1.54) is 0 Å². The van der Waals surface area contributed by atoms with Crippen LogP contribution in [0.4, 0.5) is 0 Å². The van der Waals surface area contributed by atoms with Crippen molar-refractivity contribution in [1.29, 1.82) is 0 Å². The fraction of sp³-hybridized carbons (Fsp3) is 0.857. The van der Waals surface area contributed by atoms with Crippen molar-refractivity contribution in [3.63, 3.8) is 0 Å². The minimum atomic E-state index is -0.789. The zero-order chi connectivity index (χ0) is 8.65. The Bertz CT molecular complexity index is 173. The fourth-order valence-corrected chi connectivity index (χ4v) is 0.735. The van der Waals surface area contributed by atoms with E-state index in [4.69, 9.17) is 11.5 Å². The molecule has 2 atom stereocenters. The monoisotopic (exact) mass is 157 g/mol. The molecule has 5 N–H and O–H groups in total. The van der Waals surface area contributed by atoms with Gasteiger partial charge in [-0.25, -0.2) is 0 Å². The average molecular weight is 157 g/mol. The van der Waals surface area contributed by atoms with Crippen molar-refractivity contribution >= 4 is 5.91 Å². The molecule has 0 saturated heterocycles. The highest BCUT2D eigenvalue weighted by Crippen LogP contribution is 2.18. The first-order chi connectivity index (χ1) is 4.91. The summed E-state index contributed by atoms with van der Waals surface area (Å²) >= 11 is 0. The van der Waals surface area contributed by atoms with E-state index in [1.54, 1.807) is 13.8 Å². The summed E-state index contributed by atoms with van der Waals surface area (Å²) in [7, 11) is 0. The van der Waals surface area contributed by atoms with Crippen molar-refractivity contribution in [3.05, 3.63) is 0 Å². The van der Waals surface area contributed by atoms with Crippen LogP contribution in [-0.2, 0) is 4.79 Å². The molecule has 64 valence electrons. The molecule has 11 heavy (non-hydrogen) atoms. The first kappa shape index (κ1) is 8.49. The Kier molecular flexibility index (Phi) is 1.90.